The zero-order valence-corrected chi connectivity index (χ0v) is 9.09. The molecule has 2 heterocycles. The van der Waals surface area contributed by atoms with E-state index >= 15 is 0 Å². The lowest BCUT2D eigenvalue weighted by molar-refractivity contribution is -0.129. The predicted octanol–water partition coefficient (Wildman–Crippen LogP) is -1.46. The van der Waals surface area contributed by atoms with Gasteiger partial charge in [-0.15, -0.1) is 0 Å². The molecule has 0 saturated carbocycles. The number of fused-ring (bicyclic) bond motifs is 1. The molecule has 0 spiro atoms. The summed E-state index contributed by atoms with van der Waals surface area (Å²) in [5, 5.41) is 8.47. The first kappa shape index (κ1) is 9.86. The first-order chi connectivity index (χ1) is 8.04. The van der Waals surface area contributed by atoms with Crippen molar-refractivity contribution in [2.24, 2.45) is 0 Å². The van der Waals surface area contributed by atoms with Crippen molar-refractivity contribution in [1.29, 1.82) is 0 Å². The minimum atomic E-state index is -1.39. The number of urea groups is 1. The second-order valence-corrected chi connectivity index (χ2v) is 4.15. The summed E-state index contributed by atoms with van der Waals surface area (Å²) in [6.45, 7) is 1.12. The molecule has 0 radical (unpaired) electrons. The van der Waals surface area contributed by atoms with Crippen LogP contribution in [-0.2, 0) is 4.79 Å². The highest BCUT2D eigenvalue weighted by atomic mass is 16.5. The molecule has 3 amide bonds. The van der Waals surface area contributed by atoms with Crippen molar-refractivity contribution in [3.63, 3.8) is 0 Å². The third-order valence-corrected chi connectivity index (χ3v) is 2.97. The van der Waals surface area contributed by atoms with E-state index in [2.05, 4.69) is 4.90 Å². The number of hydrogen-bond donors (Lipinski definition) is 2. The van der Waals surface area contributed by atoms with Gasteiger partial charge in [0.1, 0.15) is 6.52 Å². The van der Waals surface area contributed by atoms with Crippen LogP contribution in [0.15, 0.2) is 0 Å². The van der Waals surface area contributed by atoms with Gasteiger partial charge in [-0.25, -0.2) is 10.3 Å². The Kier molecular flexibility index (Phi) is 2.63. The molecule has 7 heteroatoms. The van der Waals surface area contributed by atoms with E-state index in [1.165, 1.54) is 10.4 Å². The van der Waals surface area contributed by atoms with Crippen LogP contribution in [0.25, 0.3) is 0 Å². The highest BCUT2D eigenvalue weighted by Gasteiger charge is 2.40. The molecule has 1 unspecified atom stereocenters. The number of hydroxylamine groups is 1. The van der Waals surface area contributed by atoms with E-state index in [9.17, 15) is 9.59 Å². The maximum absolute atomic E-state index is 12.0. The second-order valence-electron chi connectivity index (χ2n) is 4.15. The Balaban J connectivity index is 2.07. The van der Waals surface area contributed by atoms with Crippen LogP contribution >= 0.6 is 0 Å². The number of nitrogens with zero attached hydrogens (tertiary/aromatic N) is 3. The zero-order chi connectivity index (χ0) is 12.6. The maximum Gasteiger partial charge on any atom is 0.320 e. The molecule has 90 valence electrons. The van der Waals surface area contributed by atoms with Gasteiger partial charge in [0.05, 0.1) is 7.41 Å². The topological polar surface area (TPSA) is 76.1 Å². The highest BCUT2D eigenvalue weighted by molar-refractivity contribution is 5.84. The molecule has 2 atom stereocenters. The Hall–Kier alpha value is -1.34. The molecule has 0 aliphatic carbocycles. The molecule has 7 nitrogen and oxygen atoms in total. The monoisotopic (exact) mass is 230 g/mol. The normalized spacial score (nSPS) is 28.8. The Morgan fingerprint density at radius 3 is 3.06 bits per heavy atom. The number of piperazine rings is 1. The molecule has 2 rings (SSSR count). The summed E-state index contributed by atoms with van der Waals surface area (Å²) in [5.41, 5.74) is 1.40. The van der Waals surface area contributed by atoms with E-state index in [-0.39, 0.29) is 12.1 Å². The van der Waals surface area contributed by atoms with E-state index in [1.54, 1.807) is 4.90 Å². The van der Waals surface area contributed by atoms with Crippen molar-refractivity contribution in [2.45, 2.75) is 6.04 Å². The average molecular weight is 230 g/mol. The SMILES string of the molecule is [3H][C@@H](C(=O)NO)N1CC2CN(C)CCN2C1=O. The lowest BCUT2D eigenvalue weighted by Crippen LogP contribution is -2.50. The van der Waals surface area contributed by atoms with Crippen LogP contribution in [0.3, 0.4) is 0 Å². The van der Waals surface area contributed by atoms with Gasteiger partial charge in [0.25, 0.3) is 5.91 Å². The molecule has 2 saturated heterocycles. The van der Waals surface area contributed by atoms with Crippen LogP contribution in [-0.4, -0.2) is 77.6 Å². The standard InChI is InChI=1S/C9H16N4O3/c1-11-2-3-13-7(4-11)5-12(9(13)15)6-8(14)10-16/h7,16H,2-6H2,1H3,(H,10,14)/i6T/t6-,7?/m0/s1. The van der Waals surface area contributed by atoms with E-state index in [1.807, 2.05) is 7.05 Å². The molecule has 0 aromatic rings. The van der Waals surface area contributed by atoms with Gasteiger partial charge in [-0.3, -0.25) is 10.0 Å². The highest BCUT2D eigenvalue weighted by Crippen LogP contribution is 2.19. The summed E-state index contributed by atoms with van der Waals surface area (Å²) in [7, 11) is 1.98. The minimum absolute atomic E-state index is 0.0283. The largest absolute Gasteiger partial charge is 0.320 e. The van der Waals surface area contributed by atoms with Crippen LogP contribution in [0, 0.1) is 0 Å². The second kappa shape index (κ2) is 4.26. The van der Waals surface area contributed by atoms with Crippen LogP contribution in [0.2, 0.25) is 0 Å². The van der Waals surface area contributed by atoms with Gasteiger partial charge in [0.15, 0.2) is 0 Å². The van der Waals surface area contributed by atoms with Gasteiger partial charge in [-0.1, -0.05) is 0 Å². The number of hydrogen-bond acceptors (Lipinski definition) is 4. The van der Waals surface area contributed by atoms with Gasteiger partial charge >= 0.3 is 6.03 Å². The number of carbonyl (C=O) groups excluding carboxylic acids is 2. The first-order valence-corrected chi connectivity index (χ1v) is 5.16. The van der Waals surface area contributed by atoms with Crippen molar-refractivity contribution in [3.8, 4) is 0 Å². The predicted molar refractivity (Wildman–Crippen MR) is 54.9 cm³/mol. The summed E-state index contributed by atoms with van der Waals surface area (Å²) in [5.74, 6) is -0.883. The van der Waals surface area contributed by atoms with Crippen molar-refractivity contribution < 1.29 is 16.2 Å². The smallest absolute Gasteiger partial charge is 0.317 e. The van der Waals surface area contributed by atoms with Crippen molar-refractivity contribution >= 4 is 11.9 Å². The van der Waals surface area contributed by atoms with Crippen molar-refractivity contribution in [1.82, 2.24) is 20.2 Å². The number of likely N-dealkylation sites (N-methyl/N-ethyl adjacent to an activating group) is 1. The summed E-state index contributed by atoms with van der Waals surface area (Å²) in [6, 6.07) is -0.271. The van der Waals surface area contributed by atoms with Crippen LogP contribution in [0.4, 0.5) is 4.79 Å². The minimum Gasteiger partial charge on any atom is -0.317 e. The molecule has 2 aliphatic rings. The molecule has 0 aromatic carbocycles. The first-order valence-electron chi connectivity index (χ1n) is 5.74. The van der Waals surface area contributed by atoms with E-state index in [4.69, 9.17) is 6.58 Å². The summed E-state index contributed by atoms with van der Waals surface area (Å²) in [6.07, 6.45) is 0. The number of carbonyl (C=O) groups is 2. The van der Waals surface area contributed by atoms with E-state index < -0.39 is 12.4 Å². The maximum atomic E-state index is 12.0. The molecule has 2 aliphatic heterocycles. The average Bonchev–Trinajstić information content (AvgIpc) is 2.64. The number of nitrogens with one attached hydrogen (secondary N) is 1. The molecule has 2 fully saturated rings. The number of amides is 3. The summed E-state index contributed by atoms with van der Waals surface area (Å²) < 4.78 is 7.60. The molecule has 0 aromatic heterocycles. The summed E-state index contributed by atoms with van der Waals surface area (Å²) >= 11 is 0. The molecule has 16 heavy (non-hydrogen) atoms. The number of rotatable bonds is 2. The van der Waals surface area contributed by atoms with Gasteiger partial charge in [0.2, 0.25) is 0 Å². The lowest BCUT2D eigenvalue weighted by atomic mass is 10.2. The van der Waals surface area contributed by atoms with Gasteiger partial charge in [0, 0.05) is 26.2 Å². The third-order valence-electron chi connectivity index (χ3n) is 2.97. The van der Waals surface area contributed by atoms with E-state index in [0.717, 1.165) is 13.1 Å². The van der Waals surface area contributed by atoms with Crippen molar-refractivity contribution in [3.05, 3.63) is 0 Å². The molecule has 0 bridgehead atoms. The quantitative estimate of drug-likeness (QED) is 0.449. The fourth-order valence-electron chi connectivity index (χ4n) is 2.17. The van der Waals surface area contributed by atoms with Crippen LogP contribution in [0.5, 0.6) is 0 Å². The van der Waals surface area contributed by atoms with Crippen LogP contribution < -0.4 is 5.48 Å². The Bertz CT molecular complexity index is 340. The molecular formula is C9H16N4O3. The van der Waals surface area contributed by atoms with Crippen molar-refractivity contribution in [2.75, 3.05) is 39.7 Å². The van der Waals surface area contributed by atoms with Gasteiger partial charge in [-0.2, -0.15) is 0 Å². The molecule has 2 N–H and O–H groups in total. The Morgan fingerprint density at radius 1 is 1.62 bits per heavy atom. The fourth-order valence-corrected chi connectivity index (χ4v) is 2.17. The van der Waals surface area contributed by atoms with Gasteiger partial charge < -0.3 is 14.7 Å². The van der Waals surface area contributed by atoms with Gasteiger partial charge in [-0.05, 0) is 7.05 Å². The fraction of sp³-hybridized carbons (Fsp3) is 0.778. The Morgan fingerprint density at radius 2 is 2.38 bits per heavy atom. The zero-order valence-electron chi connectivity index (χ0n) is 10.1. The van der Waals surface area contributed by atoms with Crippen LogP contribution in [0.1, 0.15) is 1.37 Å². The third kappa shape index (κ3) is 1.96. The molecular weight excluding hydrogens is 212 g/mol. The summed E-state index contributed by atoms with van der Waals surface area (Å²) in [4.78, 5) is 28.1. The lowest BCUT2D eigenvalue weighted by Gasteiger charge is -2.33. The Labute approximate surface area is 95.0 Å². The van der Waals surface area contributed by atoms with E-state index in [0.29, 0.717) is 13.1 Å².